The summed E-state index contributed by atoms with van der Waals surface area (Å²) < 4.78 is 0. The van der Waals surface area contributed by atoms with Crippen LogP contribution in [0.5, 0.6) is 0 Å². The number of rotatable bonds is 5. The van der Waals surface area contributed by atoms with Gasteiger partial charge in [-0.1, -0.05) is 24.6 Å². The Morgan fingerprint density at radius 1 is 1.11 bits per heavy atom. The third-order valence-electron chi connectivity index (χ3n) is 3.19. The molecule has 0 saturated heterocycles. The largest absolute Gasteiger partial charge is 0.326 e. The summed E-state index contributed by atoms with van der Waals surface area (Å²) in [5.74, 6) is 0. The van der Waals surface area contributed by atoms with Crippen LogP contribution in [-0.2, 0) is 0 Å². The number of aryl methyl sites for hydroxylation is 2. The summed E-state index contributed by atoms with van der Waals surface area (Å²) in [7, 11) is 0. The number of thioether (sulfide) groups is 1. The molecule has 3 heteroatoms. The molecule has 0 bridgehead atoms. The molecule has 0 amide bonds. The Labute approximate surface area is 124 Å². The predicted octanol–water partition coefficient (Wildman–Crippen LogP) is 4.94. The summed E-state index contributed by atoms with van der Waals surface area (Å²) in [6, 6.07) is 13.3. The van der Waals surface area contributed by atoms with E-state index in [-0.39, 0.29) is 6.04 Å². The van der Waals surface area contributed by atoms with Gasteiger partial charge in [-0.05, 0) is 44.5 Å². The Hall–Kier alpha value is -0.770. The van der Waals surface area contributed by atoms with E-state index in [1.807, 2.05) is 23.1 Å². The van der Waals surface area contributed by atoms with Gasteiger partial charge in [-0.15, -0.1) is 23.1 Å². The van der Waals surface area contributed by atoms with Gasteiger partial charge >= 0.3 is 0 Å². The molecule has 0 saturated carbocycles. The van der Waals surface area contributed by atoms with E-state index in [1.165, 1.54) is 20.2 Å². The number of thiophene rings is 1. The zero-order chi connectivity index (χ0) is 13.8. The van der Waals surface area contributed by atoms with Gasteiger partial charge < -0.3 is 5.73 Å². The van der Waals surface area contributed by atoms with Crippen molar-refractivity contribution in [1.82, 2.24) is 0 Å². The van der Waals surface area contributed by atoms with Gasteiger partial charge in [0, 0.05) is 20.7 Å². The summed E-state index contributed by atoms with van der Waals surface area (Å²) in [4.78, 5) is 4.04. The maximum Gasteiger partial charge on any atom is 0.0589 e. The van der Waals surface area contributed by atoms with Gasteiger partial charge in [0.1, 0.15) is 0 Å². The van der Waals surface area contributed by atoms with Crippen LogP contribution in [0.4, 0.5) is 0 Å². The second-order valence-electron chi connectivity index (χ2n) is 4.87. The highest BCUT2D eigenvalue weighted by Crippen LogP contribution is 2.40. The van der Waals surface area contributed by atoms with E-state index in [0.717, 1.165) is 6.42 Å². The summed E-state index contributed by atoms with van der Waals surface area (Å²) in [6.07, 6.45) is 1.00. The molecule has 0 fully saturated rings. The van der Waals surface area contributed by atoms with Crippen molar-refractivity contribution in [2.24, 2.45) is 5.73 Å². The van der Waals surface area contributed by atoms with Gasteiger partial charge in [-0.25, -0.2) is 0 Å². The molecular weight excluding hydrogens is 270 g/mol. The van der Waals surface area contributed by atoms with Crippen molar-refractivity contribution in [2.45, 2.75) is 43.4 Å². The minimum atomic E-state index is 0.198. The molecule has 0 aliphatic rings. The molecule has 0 aliphatic carbocycles. The van der Waals surface area contributed by atoms with E-state index in [1.54, 1.807) is 0 Å². The van der Waals surface area contributed by atoms with Crippen LogP contribution in [0.1, 0.15) is 33.9 Å². The highest BCUT2D eigenvalue weighted by atomic mass is 32.2. The molecule has 1 heterocycles. The van der Waals surface area contributed by atoms with Crippen molar-refractivity contribution in [3.63, 3.8) is 0 Å². The minimum absolute atomic E-state index is 0.198. The fraction of sp³-hybridized carbons (Fsp3) is 0.375. The molecule has 0 radical (unpaired) electrons. The number of hydrogen-bond acceptors (Lipinski definition) is 3. The molecule has 0 spiro atoms. The van der Waals surface area contributed by atoms with Gasteiger partial charge in [0.25, 0.3) is 0 Å². The first-order chi connectivity index (χ1) is 9.10. The fourth-order valence-electron chi connectivity index (χ4n) is 1.94. The molecule has 1 aromatic heterocycles. The lowest BCUT2D eigenvalue weighted by Gasteiger charge is -2.21. The highest BCUT2D eigenvalue weighted by molar-refractivity contribution is 7.99. The molecule has 2 N–H and O–H groups in total. The van der Waals surface area contributed by atoms with Gasteiger partial charge in [0.15, 0.2) is 0 Å². The van der Waals surface area contributed by atoms with Crippen LogP contribution >= 0.6 is 23.1 Å². The van der Waals surface area contributed by atoms with E-state index in [9.17, 15) is 0 Å². The Morgan fingerprint density at radius 3 is 2.32 bits per heavy atom. The third kappa shape index (κ3) is 3.85. The molecule has 2 aromatic rings. The van der Waals surface area contributed by atoms with Crippen LogP contribution in [-0.4, -0.2) is 6.04 Å². The van der Waals surface area contributed by atoms with E-state index in [2.05, 4.69) is 57.2 Å². The standard InChI is InChI=1S/C16H21NS2/c1-4-14(17)16(15-10-7-12(3)18-15)19-13-8-5-11(2)6-9-13/h5-10,14,16H,4,17H2,1-3H3. The van der Waals surface area contributed by atoms with E-state index < -0.39 is 0 Å². The maximum atomic E-state index is 6.32. The number of benzene rings is 1. The van der Waals surface area contributed by atoms with Crippen molar-refractivity contribution in [3.8, 4) is 0 Å². The van der Waals surface area contributed by atoms with Crippen LogP contribution < -0.4 is 5.73 Å². The van der Waals surface area contributed by atoms with Crippen molar-refractivity contribution in [1.29, 1.82) is 0 Å². The molecule has 2 unspecified atom stereocenters. The van der Waals surface area contributed by atoms with Crippen LogP contribution in [0, 0.1) is 13.8 Å². The zero-order valence-electron chi connectivity index (χ0n) is 11.7. The van der Waals surface area contributed by atoms with Crippen LogP contribution in [0.2, 0.25) is 0 Å². The van der Waals surface area contributed by atoms with Crippen LogP contribution in [0.25, 0.3) is 0 Å². The Morgan fingerprint density at radius 2 is 1.79 bits per heavy atom. The fourth-order valence-corrected chi connectivity index (χ4v) is 4.31. The average molecular weight is 291 g/mol. The van der Waals surface area contributed by atoms with E-state index >= 15 is 0 Å². The highest BCUT2D eigenvalue weighted by Gasteiger charge is 2.21. The first-order valence-corrected chi connectivity index (χ1v) is 8.35. The SMILES string of the molecule is CCC(N)C(Sc1ccc(C)cc1)c1ccc(C)s1. The van der Waals surface area contributed by atoms with Gasteiger partial charge in [-0.2, -0.15) is 0 Å². The molecule has 1 nitrogen and oxygen atoms in total. The normalized spacial score (nSPS) is 14.3. The lowest BCUT2D eigenvalue weighted by Crippen LogP contribution is -2.25. The monoisotopic (exact) mass is 291 g/mol. The summed E-state index contributed by atoms with van der Waals surface area (Å²) >= 11 is 3.74. The second-order valence-corrected chi connectivity index (χ2v) is 7.41. The van der Waals surface area contributed by atoms with Gasteiger partial charge in [-0.3, -0.25) is 0 Å². The smallest absolute Gasteiger partial charge is 0.0589 e. The van der Waals surface area contributed by atoms with Crippen molar-refractivity contribution < 1.29 is 0 Å². The first-order valence-electron chi connectivity index (χ1n) is 6.65. The lowest BCUT2D eigenvalue weighted by atomic mass is 10.1. The summed E-state index contributed by atoms with van der Waals surface area (Å²) in [5, 5.41) is 0.353. The quantitative estimate of drug-likeness (QED) is 0.790. The minimum Gasteiger partial charge on any atom is -0.326 e. The Kier molecular flexibility index (Phi) is 5.08. The van der Waals surface area contributed by atoms with Crippen molar-refractivity contribution >= 4 is 23.1 Å². The van der Waals surface area contributed by atoms with Crippen LogP contribution in [0.3, 0.4) is 0 Å². The molecule has 2 rings (SSSR count). The molecule has 19 heavy (non-hydrogen) atoms. The molecular formula is C16H21NS2. The predicted molar refractivity (Wildman–Crippen MR) is 87.1 cm³/mol. The number of hydrogen-bond donors (Lipinski definition) is 1. The zero-order valence-corrected chi connectivity index (χ0v) is 13.4. The van der Waals surface area contributed by atoms with Crippen LogP contribution in [0.15, 0.2) is 41.3 Å². The molecule has 102 valence electrons. The Bertz CT molecular complexity index is 516. The van der Waals surface area contributed by atoms with Crippen molar-refractivity contribution in [3.05, 3.63) is 51.7 Å². The summed E-state index contributed by atoms with van der Waals surface area (Å²) in [5.41, 5.74) is 7.62. The molecule has 1 aromatic carbocycles. The van der Waals surface area contributed by atoms with E-state index in [4.69, 9.17) is 5.73 Å². The number of nitrogens with two attached hydrogens (primary N) is 1. The van der Waals surface area contributed by atoms with Gasteiger partial charge in [0.2, 0.25) is 0 Å². The summed E-state index contributed by atoms with van der Waals surface area (Å²) in [6.45, 7) is 6.43. The topological polar surface area (TPSA) is 26.0 Å². The Balaban J connectivity index is 2.21. The average Bonchev–Trinajstić information content (AvgIpc) is 2.83. The van der Waals surface area contributed by atoms with Gasteiger partial charge in [0.05, 0.1) is 5.25 Å². The molecule has 0 aliphatic heterocycles. The maximum absolute atomic E-state index is 6.32. The third-order valence-corrected chi connectivity index (χ3v) is 5.82. The first kappa shape index (κ1) is 14.6. The second kappa shape index (κ2) is 6.60. The van der Waals surface area contributed by atoms with E-state index in [0.29, 0.717) is 5.25 Å². The van der Waals surface area contributed by atoms with Crippen molar-refractivity contribution in [2.75, 3.05) is 0 Å². The molecule has 2 atom stereocenters. The lowest BCUT2D eigenvalue weighted by molar-refractivity contribution is 0.640.